The molecule has 1 saturated heterocycles. The molecule has 2 N–H and O–H groups in total. The molecule has 2 aliphatic rings. The van der Waals surface area contributed by atoms with Crippen molar-refractivity contribution in [2.24, 2.45) is 0 Å². The van der Waals surface area contributed by atoms with Gasteiger partial charge in [0.25, 0.3) is 5.91 Å². The quantitative estimate of drug-likeness (QED) is 0.434. The second-order valence-corrected chi connectivity index (χ2v) is 9.36. The molecule has 0 saturated carbocycles. The SMILES string of the molecule is CCn1cc(C(=O)NCC(=O)N2CCC(c3nc4ccccc4[nH]3)CC2)c(=O)c2cc3c(cc21)OCO3. The average molecular weight is 502 g/mol. The Balaban J connectivity index is 1.11. The lowest BCUT2D eigenvalue weighted by atomic mass is 9.96. The Bertz CT molecular complexity index is 1550. The van der Waals surface area contributed by atoms with E-state index in [4.69, 9.17) is 14.5 Å². The van der Waals surface area contributed by atoms with Crippen molar-refractivity contribution in [2.45, 2.75) is 32.2 Å². The summed E-state index contributed by atoms with van der Waals surface area (Å²) >= 11 is 0. The zero-order valence-electron chi connectivity index (χ0n) is 20.5. The zero-order valence-corrected chi connectivity index (χ0v) is 20.5. The van der Waals surface area contributed by atoms with Gasteiger partial charge in [-0.2, -0.15) is 0 Å². The predicted molar refractivity (Wildman–Crippen MR) is 137 cm³/mol. The fourth-order valence-corrected chi connectivity index (χ4v) is 5.13. The maximum absolute atomic E-state index is 13.1. The van der Waals surface area contributed by atoms with Crippen LogP contribution in [0.25, 0.3) is 21.9 Å². The van der Waals surface area contributed by atoms with Crippen LogP contribution in [0.5, 0.6) is 11.5 Å². The number of carbonyl (C=O) groups is 2. The molecule has 2 aromatic heterocycles. The summed E-state index contributed by atoms with van der Waals surface area (Å²) in [6.45, 7) is 3.57. The van der Waals surface area contributed by atoms with Crippen LogP contribution in [0, 0.1) is 0 Å². The Labute approximate surface area is 212 Å². The van der Waals surface area contributed by atoms with Gasteiger partial charge in [-0.15, -0.1) is 0 Å². The molecule has 10 heteroatoms. The van der Waals surface area contributed by atoms with Crippen molar-refractivity contribution in [1.29, 1.82) is 0 Å². The van der Waals surface area contributed by atoms with E-state index in [0.717, 1.165) is 29.7 Å². The summed E-state index contributed by atoms with van der Waals surface area (Å²) in [7, 11) is 0. The van der Waals surface area contributed by atoms with Gasteiger partial charge >= 0.3 is 0 Å². The molecule has 190 valence electrons. The molecule has 4 aromatic rings. The van der Waals surface area contributed by atoms with Gasteiger partial charge in [0.2, 0.25) is 18.1 Å². The lowest BCUT2D eigenvalue weighted by Gasteiger charge is -2.31. The number of amides is 2. The van der Waals surface area contributed by atoms with Crippen LogP contribution < -0.4 is 20.2 Å². The highest BCUT2D eigenvalue weighted by Crippen LogP contribution is 2.35. The number of H-pyrrole nitrogens is 1. The number of rotatable bonds is 5. The Morgan fingerprint density at radius 1 is 1.14 bits per heavy atom. The molecule has 0 radical (unpaired) electrons. The molecule has 4 heterocycles. The third kappa shape index (κ3) is 4.18. The molecule has 2 aromatic carbocycles. The number of nitrogens with one attached hydrogen (secondary N) is 2. The van der Waals surface area contributed by atoms with Crippen LogP contribution in [0.3, 0.4) is 0 Å². The number of imidazole rings is 1. The smallest absolute Gasteiger partial charge is 0.257 e. The highest BCUT2D eigenvalue weighted by Gasteiger charge is 2.26. The normalized spacial score (nSPS) is 15.4. The van der Waals surface area contributed by atoms with Crippen LogP contribution in [-0.2, 0) is 11.3 Å². The van der Waals surface area contributed by atoms with Crippen LogP contribution >= 0.6 is 0 Å². The van der Waals surface area contributed by atoms with E-state index in [1.807, 2.05) is 35.8 Å². The largest absolute Gasteiger partial charge is 0.454 e. The minimum atomic E-state index is -0.572. The first-order chi connectivity index (χ1) is 18.0. The summed E-state index contributed by atoms with van der Waals surface area (Å²) in [4.78, 5) is 48.8. The first-order valence-corrected chi connectivity index (χ1v) is 12.5. The topological polar surface area (TPSA) is 119 Å². The molecule has 0 bridgehead atoms. The summed E-state index contributed by atoms with van der Waals surface area (Å²) in [6, 6.07) is 11.3. The van der Waals surface area contributed by atoms with Crippen molar-refractivity contribution in [3.63, 3.8) is 0 Å². The molecule has 1 fully saturated rings. The van der Waals surface area contributed by atoms with Crippen molar-refractivity contribution in [1.82, 2.24) is 24.8 Å². The number of fused-ring (bicyclic) bond motifs is 3. The molecule has 37 heavy (non-hydrogen) atoms. The number of pyridine rings is 1. The fraction of sp³-hybridized carbons (Fsp3) is 0.333. The number of carbonyl (C=O) groups excluding carboxylic acids is 2. The standard InChI is InChI=1S/C27H27N5O5/c1-2-31-14-18(25(34)17-11-22-23(12-21(17)31)37-15-36-22)27(35)28-13-24(33)32-9-7-16(8-10-32)26-29-19-5-3-4-6-20(19)30-26/h3-6,11-12,14,16H,2,7-10,13,15H2,1H3,(H,28,35)(H,29,30). The number of hydrogen-bond acceptors (Lipinski definition) is 6. The van der Waals surface area contributed by atoms with Crippen LogP contribution in [0.2, 0.25) is 0 Å². The maximum Gasteiger partial charge on any atom is 0.257 e. The van der Waals surface area contributed by atoms with Gasteiger partial charge in [0, 0.05) is 37.8 Å². The van der Waals surface area contributed by atoms with E-state index in [1.54, 1.807) is 17.0 Å². The van der Waals surface area contributed by atoms with E-state index in [0.29, 0.717) is 42.0 Å². The Hall–Kier alpha value is -4.34. The van der Waals surface area contributed by atoms with E-state index < -0.39 is 11.3 Å². The monoisotopic (exact) mass is 501 g/mol. The van der Waals surface area contributed by atoms with E-state index in [1.165, 1.54) is 6.20 Å². The molecule has 0 spiro atoms. The number of likely N-dealkylation sites (tertiary alicyclic amines) is 1. The molecule has 0 aliphatic carbocycles. The van der Waals surface area contributed by atoms with Gasteiger partial charge in [-0.3, -0.25) is 14.4 Å². The highest BCUT2D eigenvalue weighted by atomic mass is 16.7. The summed E-state index contributed by atoms with van der Waals surface area (Å²) in [5, 5.41) is 3.02. The molecule has 2 amide bonds. The van der Waals surface area contributed by atoms with Crippen LogP contribution in [0.4, 0.5) is 0 Å². The molecule has 0 atom stereocenters. The number of para-hydroxylation sites is 2. The van der Waals surface area contributed by atoms with Crippen LogP contribution in [0.1, 0.15) is 41.9 Å². The van der Waals surface area contributed by atoms with Crippen LogP contribution in [-0.4, -0.2) is 57.7 Å². The van der Waals surface area contributed by atoms with Gasteiger partial charge in [0.1, 0.15) is 11.4 Å². The molecular weight excluding hydrogens is 474 g/mol. The fourth-order valence-electron chi connectivity index (χ4n) is 5.13. The van der Waals surface area contributed by atoms with E-state index in [2.05, 4.69) is 10.3 Å². The first kappa shape index (κ1) is 23.1. The van der Waals surface area contributed by atoms with Crippen molar-refractivity contribution in [2.75, 3.05) is 26.4 Å². The van der Waals surface area contributed by atoms with E-state index in [9.17, 15) is 14.4 Å². The number of piperidine rings is 1. The molecular formula is C27H27N5O5. The first-order valence-electron chi connectivity index (χ1n) is 12.5. The summed E-state index contributed by atoms with van der Waals surface area (Å²) < 4.78 is 12.7. The van der Waals surface area contributed by atoms with Crippen molar-refractivity contribution in [3.05, 3.63) is 64.2 Å². The number of aromatic nitrogens is 3. The Morgan fingerprint density at radius 2 is 1.89 bits per heavy atom. The average Bonchev–Trinajstić information content (AvgIpc) is 3.58. The number of aromatic amines is 1. The summed E-state index contributed by atoms with van der Waals surface area (Å²) in [5.41, 5.74) is 2.20. The van der Waals surface area contributed by atoms with Crippen molar-refractivity contribution in [3.8, 4) is 11.5 Å². The molecule has 0 unspecified atom stereocenters. The number of aryl methyl sites for hydroxylation is 1. The molecule has 10 nitrogen and oxygen atoms in total. The maximum atomic E-state index is 13.1. The van der Waals surface area contributed by atoms with Gasteiger partial charge in [0.15, 0.2) is 11.5 Å². The predicted octanol–water partition coefficient (Wildman–Crippen LogP) is 2.76. The number of benzene rings is 2. The molecule has 2 aliphatic heterocycles. The van der Waals surface area contributed by atoms with Gasteiger partial charge < -0.3 is 29.2 Å². The highest BCUT2D eigenvalue weighted by molar-refractivity contribution is 5.99. The number of hydrogen-bond donors (Lipinski definition) is 2. The summed E-state index contributed by atoms with van der Waals surface area (Å²) in [6.07, 6.45) is 3.12. The Kier molecular flexibility index (Phi) is 5.78. The second kappa shape index (κ2) is 9.27. The lowest BCUT2D eigenvalue weighted by molar-refractivity contribution is -0.131. The van der Waals surface area contributed by atoms with Crippen LogP contribution in [0.15, 0.2) is 47.4 Å². The summed E-state index contributed by atoms with van der Waals surface area (Å²) in [5.74, 6) is 1.51. The molecule has 6 rings (SSSR count). The Morgan fingerprint density at radius 3 is 2.65 bits per heavy atom. The number of nitrogens with zero attached hydrogens (tertiary/aromatic N) is 3. The van der Waals surface area contributed by atoms with Gasteiger partial charge in [-0.25, -0.2) is 4.98 Å². The second-order valence-electron chi connectivity index (χ2n) is 9.36. The third-order valence-electron chi connectivity index (χ3n) is 7.20. The minimum absolute atomic E-state index is 0.00962. The van der Waals surface area contributed by atoms with Gasteiger partial charge in [0.05, 0.1) is 28.5 Å². The number of ether oxygens (including phenoxy) is 2. The van der Waals surface area contributed by atoms with E-state index >= 15 is 0 Å². The lowest BCUT2D eigenvalue weighted by Crippen LogP contribution is -2.44. The third-order valence-corrected chi connectivity index (χ3v) is 7.20. The van der Waals surface area contributed by atoms with Gasteiger partial charge in [-0.1, -0.05) is 12.1 Å². The van der Waals surface area contributed by atoms with Crippen molar-refractivity contribution < 1.29 is 19.1 Å². The van der Waals surface area contributed by atoms with E-state index in [-0.39, 0.29) is 30.7 Å². The minimum Gasteiger partial charge on any atom is -0.454 e. The van der Waals surface area contributed by atoms with Crippen molar-refractivity contribution >= 4 is 33.8 Å². The van der Waals surface area contributed by atoms with Gasteiger partial charge in [-0.05, 0) is 38.0 Å². The zero-order chi connectivity index (χ0) is 25.5.